The van der Waals surface area contributed by atoms with Crippen molar-refractivity contribution in [2.24, 2.45) is 0 Å². The molecule has 1 aromatic carbocycles. The van der Waals surface area contributed by atoms with Gasteiger partial charge in [-0.25, -0.2) is 0 Å². The van der Waals surface area contributed by atoms with Crippen molar-refractivity contribution in [3.8, 4) is 22.8 Å². The van der Waals surface area contributed by atoms with Crippen LogP contribution >= 0.6 is 0 Å². The maximum absolute atomic E-state index is 12.5. The first-order chi connectivity index (χ1) is 14.7. The first-order valence-corrected chi connectivity index (χ1v) is 9.87. The second kappa shape index (κ2) is 8.18. The maximum atomic E-state index is 12.5. The Morgan fingerprint density at radius 3 is 2.74 bits per heavy atom. The highest BCUT2D eigenvalue weighted by molar-refractivity contribution is 5.98. The number of phenolic OH excluding ortho intramolecular Hbond substituents is 1. The van der Waals surface area contributed by atoms with Gasteiger partial charge >= 0.3 is 6.36 Å². The summed E-state index contributed by atoms with van der Waals surface area (Å²) < 4.78 is 41.3. The minimum absolute atomic E-state index is 0.206. The molecule has 7 nitrogen and oxygen atoms in total. The fourth-order valence-corrected chi connectivity index (χ4v) is 3.82. The number of benzene rings is 1. The summed E-state index contributed by atoms with van der Waals surface area (Å²) in [5.41, 5.74) is 2.03. The van der Waals surface area contributed by atoms with Gasteiger partial charge in [-0.2, -0.15) is 0 Å². The number of rotatable bonds is 4. The van der Waals surface area contributed by atoms with Gasteiger partial charge in [0.15, 0.2) is 5.82 Å². The van der Waals surface area contributed by atoms with Crippen LogP contribution in [0, 0.1) is 6.92 Å². The molecular weight excluding hydrogens is 411 g/mol. The van der Waals surface area contributed by atoms with Gasteiger partial charge in [0.1, 0.15) is 22.7 Å². The number of hydrogen-bond donors (Lipinski definition) is 2. The van der Waals surface area contributed by atoms with Gasteiger partial charge in [0, 0.05) is 35.8 Å². The molecular formula is C21H22F3N5O2. The second-order valence-electron chi connectivity index (χ2n) is 7.78. The van der Waals surface area contributed by atoms with E-state index in [1.54, 1.807) is 6.20 Å². The largest absolute Gasteiger partial charge is 0.573 e. The van der Waals surface area contributed by atoms with Crippen LogP contribution in [0.25, 0.3) is 22.2 Å². The average molecular weight is 433 g/mol. The van der Waals surface area contributed by atoms with E-state index in [0.717, 1.165) is 43.6 Å². The van der Waals surface area contributed by atoms with Crippen LogP contribution in [0.3, 0.4) is 0 Å². The standard InChI is InChI=1S/C21H22F3N5O2/c1-12-8-16-18(15-6-5-14(9-17(15)30)31-21(22,23)24)27-28-20(19(16)25-10-12)26-13-4-3-7-29(2)11-13/h5-6,8-10,13,30H,3-4,7,11H2,1-2H3,(H,26,28)/t13-/m1/s1. The molecule has 2 aromatic heterocycles. The molecule has 1 aliphatic heterocycles. The number of likely N-dealkylation sites (tertiary alicyclic amines) is 1. The number of aromatic hydroxyl groups is 1. The first-order valence-electron chi connectivity index (χ1n) is 9.87. The molecule has 4 rings (SSSR count). The molecule has 0 bridgehead atoms. The van der Waals surface area contributed by atoms with Crippen molar-refractivity contribution in [2.75, 3.05) is 25.5 Å². The van der Waals surface area contributed by atoms with E-state index in [-0.39, 0.29) is 11.6 Å². The molecule has 31 heavy (non-hydrogen) atoms. The number of phenols is 1. The van der Waals surface area contributed by atoms with Gasteiger partial charge in [-0.15, -0.1) is 23.4 Å². The quantitative estimate of drug-likeness (QED) is 0.641. The molecule has 0 saturated carbocycles. The Labute approximate surface area is 176 Å². The first kappa shape index (κ1) is 21.1. The molecule has 3 heterocycles. The molecule has 10 heteroatoms. The van der Waals surface area contributed by atoms with Crippen molar-refractivity contribution in [1.82, 2.24) is 20.1 Å². The van der Waals surface area contributed by atoms with E-state index in [1.165, 1.54) is 6.07 Å². The SMILES string of the molecule is Cc1cnc2c(N[C@@H]3CCCN(C)C3)nnc(-c3ccc(OC(F)(F)F)cc3O)c2c1. The van der Waals surface area contributed by atoms with Crippen molar-refractivity contribution in [3.63, 3.8) is 0 Å². The third kappa shape index (κ3) is 4.79. The van der Waals surface area contributed by atoms with Crippen molar-refractivity contribution in [2.45, 2.75) is 32.2 Å². The molecule has 1 atom stereocenters. The number of nitrogens with zero attached hydrogens (tertiary/aromatic N) is 4. The zero-order chi connectivity index (χ0) is 22.2. The summed E-state index contributed by atoms with van der Waals surface area (Å²) in [5.74, 6) is -0.371. The van der Waals surface area contributed by atoms with E-state index in [2.05, 4.69) is 37.2 Å². The lowest BCUT2D eigenvalue weighted by Crippen LogP contribution is -2.40. The summed E-state index contributed by atoms with van der Waals surface area (Å²) in [7, 11) is 2.07. The lowest BCUT2D eigenvalue weighted by molar-refractivity contribution is -0.274. The summed E-state index contributed by atoms with van der Waals surface area (Å²) in [5, 5.41) is 23.0. The zero-order valence-corrected chi connectivity index (χ0v) is 17.1. The van der Waals surface area contributed by atoms with Gasteiger partial charge in [-0.1, -0.05) is 0 Å². The number of aromatic nitrogens is 3. The highest BCUT2D eigenvalue weighted by Crippen LogP contribution is 2.37. The van der Waals surface area contributed by atoms with Crippen molar-refractivity contribution < 1.29 is 23.0 Å². The Morgan fingerprint density at radius 1 is 1.23 bits per heavy atom. The Morgan fingerprint density at radius 2 is 2.03 bits per heavy atom. The molecule has 1 aliphatic rings. The number of anilines is 1. The highest BCUT2D eigenvalue weighted by Gasteiger charge is 2.31. The van der Waals surface area contributed by atoms with Crippen LogP contribution in [0.2, 0.25) is 0 Å². The highest BCUT2D eigenvalue weighted by atomic mass is 19.4. The average Bonchev–Trinajstić information content (AvgIpc) is 2.67. The summed E-state index contributed by atoms with van der Waals surface area (Å²) in [6, 6.07) is 5.43. The molecule has 164 valence electrons. The normalized spacial score (nSPS) is 17.6. The van der Waals surface area contributed by atoms with Gasteiger partial charge in [0.25, 0.3) is 0 Å². The number of fused-ring (bicyclic) bond motifs is 1. The summed E-state index contributed by atoms with van der Waals surface area (Å²) in [6.45, 7) is 3.80. The fraction of sp³-hybridized carbons (Fsp3) is 0.381. The third-order valence-corrected chi connectivity index (χ3v) is 5.18. The number of halogens is 3. The number of pyridine rings is 1. The minimum Gasteiger partial charge on any atom is -0.507 e. The lowest BCUT2D eigenvalue weighted by atomic mass is 10.0. The molecule has 0 spiro atoms. The molecule has 0 amide bonds. The van der Waals surface area contributed by atoms with E-state index >= 15 is 0 Å². The second-order valence-corrected chi connectivity index (χ2v) is 7.78. The number of alkyl halides is 3. The van der Waals surface area contributed by atoms with E-state index in [4.69, 9.17) is 0 Å². The van der Waals surface area contributed by atoms with Crippen LogP contribution in [0.4, 0.5) is 19.0 Å². The van der Waals surface area contributed by atoms with Gasteiger partial charge in [0.05, 0.1) is 0 Å². The van der Waals surface area contributed by atoms with Crippen molar-refractivity contribution in [3.05, 3.63) is 36.0 Å². The fourth-order valence-electron chi connectivity index (χ4n) is 3.82. The number of aryl methyl sites for hydroxylation is 1. The monoisotopic (exact) mass is 433 g/mol. The van der Waals surface area contributed by atoms with E-state index < -0.39 is 17.9 Å². The predicted octanol–water partition coefficient (Wildman–Crippen LogP) is 4.11. The molecule has 1 saturated heterocycles. The maximum Gasteiger partial charge on any atom is 0.573 e. The van der Waals surface area contributed by atoms with Crippen LogP contribution in [-0.4, -0.2) is 57.7 Å². The van der Waals surface area contributed by atoms with Crippen LogP contribution in [-0.2, 0) is 0 Å². The number of hydrogen-bond acceptors (Lipinski definition) is 7. The molecule has 0 aliphatic carbocycles. The summed E-state index contributed by atoms with van der Waals surface area (Å²) in [4.78, 5) is 6.75. The Hall–Kier alpha value is -3.14. The van der Waals surface area contributed by atoms with Gasteiger partial charge in [-0.05, 0) is 57.1 Å². The Balaban J connectivity index is 1.73. The third-order valence-electron chi connectivity index (χ3n) is 5.18. The topological polar surface area (TPSA) is 83.4 Å². The lowest BCUT2D eigenvalue weighted by Gasteiger charge is -2.30. The predicted molar refractivity (Wildman–Crippen MR) is 110 cm³/mol. The van der Waals surface area contributed by atoms with Crippen LogP contribution in [0.5, 0.6) is 11.5 Å². The summed E-state index contributed by atoms with van der Waals surface area (Å²) in [6.07, 6.45) is -1.05. The minimum atomic E-state index is -4.85. The molecule has 3 aromatic rings. The van der Waals surface area contributed by atoms with Crippen LogP contribution in [0.15, 0.2) is 30.5 Å². The van der Waals surface area contributed by atoms with Gasteiger partial charge < -0.3 is 20.1 Å². The van der Waals surface area contributed by atoms with Crippen molar-refractivity contribution >= 4 is 16.7 Å². The molecule has 0 unspecified atom stereocenters. The number of ether oxygens (including phenoxy) is 1. The zero-order valence-electron chi connectivity index (χ0n) is 17.1. The number of piperidine rings is 1. The van der Waals surface area contributed by atoms with Gasteiger partial charge in [-0.3, -0.25) is 4.98 Å². The van der Waals surface area contributed by atoms with E-state index in [0.29, 0.717) is 22.4 Å². The Bertz CT molecular complexity index is 1110. The molecule has 1 fully saturated rings. The number of likely N-dealkylation sites (N-methyl/N-ethyl adjacent to an activating group) is 1. The molecule has 0 radical (unpaired) electrons. The smallest absolute Gasteiger partial charge is 0.507 e. The Kier molecular flexibility index (Phi) is 5.57. The number of nitrogens with one attached hydrogen (secondary N) is 1. The molecule has 2 N–H and O–H groups in total. The van der Waals surface area contributed by atoms with Crippen LogP contribution in [0.1, 0.15) is 18.4 Å². The summed E-state index contributed by atoms with van der Waals surface area (Å²) >= 11 is 0. The van der Waals surface area contributed by atoms with E-state index in [9.17, 15) is 18.3 Å². The van der Waals surface area contributed by atoms with Gasteiger partial charge in [0.2, 0.25) is 0 Å². The van der Waals surface area contributed by atoms with Crippen LogP contribution < -0.4 is 10.1 Å². The van der Waals surface area contributed by atoms with Crippen molar-refractivity contribution in [1.29, 1.82) is 0 Å². The van der Waals surface area contributed by atoms with E-state index in [1.807, 2.05) is 13.0 Å².